The number of rotatable bonds is 5. The molecule has 0 aromatic heterocycles. The smallest absolute Gasteiger partial charge is 0.251 e. The molecule has 0 spiro atoms. The van der Waals surface area contributed by atoms with Crippen LogP contribution in [-0.2, 0) is 16.1 Å². The predicted molar refractivity (Wildman–Crippen MR) is 88.5 cm³/mol. The fraction of sp³-hybridized carbons (Fsp3) is 0.389. The number of amides is 1. The van der Waals surface area contributed by atoms with E-state index in [1.165, 1.54) is 0 Å². The Morgan fingerprint density at radius 2 is 2.22 bits per heavy atom. The van der Waals surface area contributed by atoms with Crippen LogP contribution in [0.3, 0.4) is 0 Å². The minimum atomic E-state index is 0.0114. The second kappa shape index (κ2) is 6.76. The first-order valence-electron chi connectivity index (χ1n) is 7.71. The highest BCUT2D eigenvalue weighted by Gasteiger charge is 2.27. The zero-order valence-electron chi connectivity index (χ0n) is 13.2. The highest BCUT2D eigenvalue weighted by molar-refractivity contribution is 6.06. The lowest BCUT2D eigenvalue weighted by Crippen LogP contribution is -2.42. The van der Waals surface area contributed by atoms with Crippen molar-refractivity contribution in [1.82, 2.24) is 4.90 Å². The topological polar surface area (TPSA) is 46.3 Å². The van der Waals surface area contributed by atoms with E-state index in [4.69, 9.17) is 11.3 Å². The number of para-hydroxylation sites is 1. The van der Waals surface area contributed by atoms with E-state index in [1.54, 1.807) is 6.07 Å². The monoisotopic (exact) mass is 309 g/mol. The van der Waals surface area contributed by atoms with Crippen LogP contribution in [0, 0.1) is 12.5 Å². The third-order valence-corrected chi connectivity index (χ3v) is 4.10. The number of hydrogen-bond acceptors (Lipinski definition) is 3. The lowest BCUT2D eigenvalue weighted by atomic mass is 10.1. The summed E-state index contributed by atoms with van der Waals surface area (Å²) in [6.45, 7) is 12.1. The molecule has 0 unspecified atom stereocenters. The highest BCUT2D eigenvalue weighted by Crippen LogP contribution is 2.23. The van der Waals surface area contributed by atoms with Gasteiger partial charge in [0.15, 0.2) is 5.69 Å². The Labute approximate surface area is 136 Å². The molecule has 5 heteroatoms. The first-order valence-corrected chi connectivity index (χ1v) is 7.71. The van der Waals surface area contributed by atoms with Crippen molar-refractivity contribution < 1.29 is 9.53 Å². The van der Waals surface area contributed by atoms with E-state index in [1.807, 2.05) is 36.1 Å². The number of aliphatic imine (C=N–C) groups is 1. The number of benzene rings is 1. The molecule has 0 radical (unpaired) electrons. The third-order valence-electron chi connectivity index (χ3n) is 4.10. The van der Waals surface area contributed by atoms with Crippen LogP contribution in [0.5, 0.6) is 0 Å². The first-order chi connectivity index (χ1) is 11.2. The van der Waals surface area contributed by atoms with Crippen molar-refractivity contribution in [3.8, 4) is 0 Å². The normalized spacial score (nSPS) is 17.0. The van der Waals surface area contributed by atoms with Crippen LogP contribution in [0.25, 0.3) is 4.85 Å². The summed E-state index contributed by atoms with van der Waals surface area (Å²) in [6.07, 6.45) is 1.85. The number of carbonyl (C=O) groups is 1. The Morgan fingerprint density at radius 1 is 1.43 bits per heavy atom. The zero-order valence-corrected chi connectivity index (χ0v) is 13.2. The van der Waals surface area contributed by atoms with Gasteiger partial charge in [0, 0.05) is 30.3 Å². The average Bonchev–Trinajstić information content (AvgIpc) is 2.95. The van der Waals surface area contributed by atoms with Crippen molar-refractivity contribution in [2.24, 2.45) is 10.9 Å². The molecule has 2 aliphatic rings. The fourth-order valence-corrected chi connectivity index (χ4v) is 2.77. The summed E-state index contributed by atoms with van der Waals surface area (Å²) in [6, 6.07) is 7.45. The van der Waals surface area contributed by atoms with Crippen molar-refractivity contribution in [1.29, 1.82) is 0 Å². The number of allylic oxidation sites excluding steroid dienone is 1. The van der Waals surface area contributed by atoms with E-state index in [0.29, 0.717) is 44.5 Å². The van der Waals surface area contributed by atoms with Gasteiger partial charge in [0.1, 0.15) is 0 Å². The maximum Gasteiger partial charge on any atom is 0.251 e. The SMILES string of the molecule is [C-]#[N+]c1ccccc1CN(CC1COC1)C(=O)C1=CC(C)=NC1. The molecule has 118 valence electrons. The van der Waals surface area contributed by atoms with Gasteiger partial charge in [-0.15, -0.1) is 0 Å². The van der Waals surface area contributed by atoms with Gasteiger partial charge in [-0.1, -0.05) is 24.3 Å². The van der Waals surface area contributed by atoms with Crippen molar-refractivity contribution in [3.63, 3.8) is 0 Å². The van der Waals surface area contributed by atoms with Crippen LogP contribution in [-0.4, -0.2) is 42.8 Å². The van der Waals surface area contributed by atoms with E-state index in [9.17, 15) is 4.79 Å². The largest absolute Gasteiger partial charge is 0.381 e. The van der Waals surface area contributed by atoms with E-state index in [2.05, 4.69) is 9.84 Å². The Morgan fingerprint density at radius 3 is 2.83 bits per heavy atom. The molecule has 0 aliphatic carbocycles. The quantitative estimate of drug-likeness (QED) is 0.785. The van der Waals surface area contributed by atoms with Crippen LogP contribution in [0.2, 0.25) is 0 Å². The fourth-order valence-electron chi connectivity index (χ4n) is 2.77. The lowest BCUT2D eigenvalue weighted by Gasteiger charge is -2.33. The van der Waals surface area contributed by atoms with Gasteiger partial charge in [0.2, 0.25) is 0 Å². The molecule has 1 aromatic carbocycles. The molecule has 0 bridgehead atoms. The van der Waals surface area contributed by atoms with Crippen LogP contribution >= 0.6 is 0 Å². The molecular formula is C18H19N3O2. The summed E-state index contributed by atoms with van der Waals surface area (Å²) in [5, 5.41) is 0. The van der Waals surface area contributed by atoms with Gasteiger partial charge >= 0.3 is 0 Å². The molecule has 0 saturated carbocycles. The maximum absolute atomic E-state index is 12.8. The second-order valence-electron chi connectivity index (χ2n) is 5.96. The Hall–Kier alpha value is -2.45. The number of ether oxygens (including phenoxy) is 1. The molecule has 5 nitrogen and oxygen atoms in total. The van der Waals surface area contributed by atoms with Crippen molar-refractivity contribution in [2.75, 3.05) is 26.3 Å². The standard InChI is InChI=1S/C18H19N3O2/c1-13-7-16(8-20-13)18(22)21(9-14-11-23-12-14)10-15-5-3-4-6-17(15)19-2/h3-7,14H,8-12H2,1H3. The number of hydrogen-bond donors (Lipinski definition) is 0. The van der Waals surface area contributed by atoms with Gasteiger partial charge in [0.05, 0.1) is 26.3 Å². The Balaban J connectivity index is 1.79. The Bertz CT molecular complexity index is 711. The van der Waals surface area contributed by atoms with Gasteiger partial charge in [-0.3, -0.25) is 9.79 Å². The summed E-state index contributed by atoms with van der Waals surface area (Å²) < 4.78 is 5.23. The van der Waals surface area contributed by atoms with E-state index >= 15 is 0 Å². The molecule has 2 heterocycles. The van der Waals surface area contributed by atoms with Crippen molar-refractivity contribution >= 4 is 17.3 Å². The van der Waals surface area contributed by atoms with Crippen LogP contribution in [0.1, 0.15) is 12.5 Å². The van der Waals surface area contributed by atoms with Gasteiger partial charge in [-0.25, -0.2) is 4.85 Å². The molecule has 1 fully saturated rings. The lowest BCUT2D eigenvalue weighted by molar-refractivity contribution is -0.131. The van der Waals surface area contributed by atoms with Gasteiger partial charge in [0.25, 0.3) is 5.91 Å². The minimum absolute atomic E-state index is 0.0114. The number of nitrogens with zero attached hydrogens (tertiary/aromatic N) is 3. The predicted octanol–water partition coefficient (Wildman–Crippen LogP) is 2.61. The summed E-state index contributed by atoms with van der Waals surface area (Å²) in [5.74, 6) is 0.389. The van der Waals surface area contributed by atoms with Gasteiger partial charge in [-0.2, -0.15) is 0 Å². The van der Waals surface area contributed by atoms with Crippen LogP contribution in [0.4, 0.5) is 5.69 Å². The van der Waals surface area contributed by atoms with E-state index in [0.717, 1.165) is 16.8 Å². The minimum Gasteiger partial charge on any atom is -0.381 e. The summed E-state index contributed by atoms with van der Waals surface area (Å²) in [5.41, 5.74) is 3.10. The molecule has 1 amide bonds. The molecule has 2 aliphatic heterocycles. The zero-order chi connectivity index (χ0) is 16.2. The van der Waals surface area contributed by atoms with E-state index in [-0.39, 0.29) is 5.91 Å². The maximum atomic E-state index is 12.8. The van der Waals surface area contributed by atoms with Crippen LogP contribution < -0.4 is 0 Å². The molecule has 23 heavy (non-hydrogen) atoms. The molecule has 1 aromatic rings. The molecule has 3 rings (SSSR count). The van der Waals surface area contributed by atoms with Gasteiger partial charge < -0.3 is 9.64 Å². The molecular weight excluding hydrogens is 290 g/mol. The van der Waals surface area contributed by atoms with E-state index < -0.39 is 0 Å². The molecule has 0 N–H and O–H groups in total. The third kappa shape index (κ3) is 3.49. The van der Waals surface area contributed by atoms with Crippen molar-refractivity contribution in [3.05, 3.63) is 52.9 Å². The average molecular weight is 309 g/mol. The molecule has 0 atom stereocenters. The Kier molecular flexibility index (Phi) is 4.54. The van der Waals surface area contributed by atoms with Crippen LogP contribution in [0.15, 0.2) is 40.9 Å². The summed E-state index contributed by atoms with van der Waals surface area (Å²) in [4.78, 5) is 22.5. The van der Waals surface area contributed by atoms with Gasteiger partial charge in [-0.05, 0) is 18.6 Å². The number of carbonyl (C=O) groups excluding carboxylic acids is 1. The highest BCUT2D eigenvalue weighted by atomic mass is 16.5. The molecule has 1 saturated heterocycles. The first kappa shape index (κ1) is 15.4. The summed E-state index contributed by atoms with van der Waals surface area (Å²) in [7, 11) is 0. The van der Waals surface area contributed by atoms with Crippen molar-refractivity contribution in [2.45, 2.75) is 13.5 Å². The second-order valence-corrected chi connectivity index (χ2v) is 5.96. The summed E-state index contributed by atoms with van der Waals surface area (Å²) >= 11 is 0.